The second-order valence-corrected chi connectivity index (χ2v) is 12.7. The van der Waals surface area contributed by atoms with Crippen LogP contribution in [-0.4, -0.2) is 34.1 Å². The molecule has 0 saturated carbocycles. The summed E-state index contributed by atoms with van der Waals surface area (Å²) in [7, 11) is 0. The van der Waals surface area contributed by atoms with E-state index in [-0.39, 0.29) is 0 Å². The van der Waals surface area contributed by atoms with E-state index in [1.807, 2.05) is 91.4 Å². The number of aromatic nitrogens is 7. The van der Waals surface area contributed by atoms with Gasteiger partial charge in [0.2, 0.25) is 0 Å². The van der Waals surface area contributed by atoms with Gasteiger partial charge >= 0.3 is 0 Å². The van der Waals surface area contributed by atoms with Crippen LogP contribution in [0.15, 0.2) is 170 Å². The number of benzene rings is 4. The molecule has 0 aliphatic carbocycles. The monoisotopic (exact) mass is 670 g/mol. The predicted octanol–water partition coefficient (Wildman–Crippen LogP) is 9.62. The third-order valence-electron chi connectivity index (χ3n) is 9.46. The molecule has 10 rings (SSSR count). The molecule has 4 aromatic carbocycles. The molecule has 0 bridgehead atoms. The molecule has 0 fully saturated rings. The second kappa shape index (κ2) is 12.3. The van der Waals surface area contributed by atoms with Crippen molar-refractivity contribution in [1.29, 1.82) is 0 Å². The van der Waals surface area contributed by atoms with Crippen molar-refractivity contribution in [2.45, 2.75) is 6.42 Å². The summed E-state index contributed by atoms with van der Waals surface area (Å²) in [6.07, 6.45) is 8.55. The Morgan fingerprint density at radius 2 is 0.923 bits per heavy atom. The first kappa shape index (κ1) is 29.7. The minimum Gasteiger partial charge on any atom is -0.295 e. The van der Waals surface area contributed by atoms with Gasteiger partial charge in [-0.2, -0.15) is 0 Å². The highest BCUT2D eigenvalue weighted by Gasteiger charge is 2.27. The van der Waals surface area contributed by atoms with E-state index >= 15 is 0 Å². The van der Waals surface area contributed by atoms with Crippen LogP contribution in [0, 0.1) is 0 Å². The maximum Gasteiger partial charge on any atom is 0.164 e. The fourth-order valence-corrected chi connectivity index (χ4v) is 7.18. The van der Waals surface area contributed by atoms with Gasteiger partial charge in [0.1, 0.15) is 28.5 Å². The molecule has 0 unspecified atom stereocenters. The summed E-state index contributed by atoms with van der Waals surface area (Å²) in [5.41, 5.74) is 11.2. The molecule has 0 saturated heterocycles. The van der Waals surface area contributed by atoms with E-state index in [1.165, 1.54) is 5.56 Å². The summed E-state index contributed by atoms with van der Waals surface area (Å²) in [5, 5.41) is 0. The largest absolute Gasteiger partial charge is 0.295 e. The maximum atomic E-state index is 5.23. The van der Waals surface area contributed by atoms with E-state index in [1.54, 1.807) is 0 Å². The van der Waals surface area contributed by atoms with Crippen molar-refractivity contribution >= 4 is 39.5 Å². The van der Waals surface area contributed by atoms with Crippen LogP contribution in [0.2, 0.25) is 0 Å². The van der Waals surface area contributed by atoms with E-state index in [0.29, 0.717) is 0 Å². The Bertz CT molecular complexity index is 2630. The van der Waals surface area contributed by atoms with Gasteiger partial charge in [-0.25, -0.2) is 24.9 Å². The molecular formula is C44H30N8. The lowest BCUT2D eigenvalue weighted by Crippen LogP contribution is -2.21. The predicted molar refractivity (Wildman–Crippen MR) is 207 cm³/mol. The normalized spacial score (nSPS) is 12.6. The molecule has 0 spiro atoms. The van der Waals surface area contributed by atoms with Crippen LogP contribution in [0.1, 0.15) is 11.1 Å². The van der Waals surface area contributed by atoms with Crippen molar-refractivity contribution in [1.82, 2.24) is 34.1 Å². The molecule has 1 aliphatic rings. The van der Waals surface area contributed by atoms with Gasteiger partial charge in [-0.1, -0.05) is 66.7 Å². The van der Waals surface area contributed by atoms with E-state index in [9.17, 15) is 0 Å². The molecule has 9 aromatic rings. The van der Waals surface area contributed by atoms with E-state index in [2.05, 4.69) is 92.9 Å². The Kier molecular flexibility index (Phi) is 7.02. The first-order valence-electron chi connectivity index (χ1n) is 17.2. The van der Waals surface area contributed by atoms with E-state index < -0.39 is 0 Å². The smallest absolute Gasteiger partial charge is 0.164 e. The zero-order valence-corrected chi connectivity index (χ0v) is 28.0. The lowest BCUT2D eigenvalue weighted by molar-refractivity contribution is 1.06. The highest BCUT2D eigenvalue weighted by Crippen LogP contribution is 2.42. The van der Waals surface area contributed by atoms with E-state index in [4.69, 9.17) is 24.9 Å². The first-order valence-corrected chi connectivity index (χ1v) is 17.2. The molecular weight excluding hydrogens is 641 g/mol. The van der Waals surface area contributed by atoms with Crippen LogP contribution in [-0.2, 0) is 6.42 Å². The Hall–Kier alpha value is -7.19. The number of pyridine rings is 3. The highest BCUT2D eigenvalue weighted by atomic mass is 15.2. The number of hydrogen-bond acceptors (Lipinski definition) is 6. The number of para-hydroxylation sites is 3. The number of nitrogens with zero attached hydrogens (tertiary/aromatic N) is 8. The Labute approximate surface area is 299 Å². The Morgan fingerprint density at radius 1 is 0.442 bits per heavy atom. The first-order chi connectivity index (χ1) is 25.8. The van der Waals surface area contributed by atoms with Crippen molar-refractivity contribution < 1.29 is 0 Å². The topological polar surface area (TPSA) is 77.5 Å². The molecule has 0 atom stereocenters. The molecule has 0 amide bonds. The van der Waals surface area contributed by atoms with Crippen molar-refractivity contribution in [3.8, 4) is 34.2 Å². The van der Waals surface area contributed by atoms with Gasteiger partial charge in [0.25, 0.3) is 0 Å². The van der Waals surface area contributed by atoms with Crippen LogP contribution < -0.4 is 4.90 Å². The van der Waals surface area contributed by atoms with Crippen molar-refractivity contribution in [3.05, 3.63) is 181 Å². The summed E-state index contributed by atoms with van der Waals surface area (Å²) in [5.74, 6) is 2.48. The van der Waals surface area contributed by atoms with Crippen molar-refractivity contribution in [2.24, 2.45) is 0 Å². The summed E-state index contributed by atoms with van der Waals surface area (Å²) in [6, 6.07) is 49.7. The lowest BCUT2D eigenvalue weighted by Gasteiger charge is -2.32. The van der Waals surface area contributed by atoms with Crippen LogP contribution in [0.25, 0.3) is 62.2 Å². The summed E-state index contributed by atoms with van der Waals surface area (Å²) in [6.45, 7) is 0. The van der Waals surface area contributed by atoms with Crippen LogP contribution >= 0.6 is 0 Å². The average molecular weight is 671 g/mol. The summed E-state index contributed by atoms with van der Waals surface area (Å²) < 4.78 is 4.28. The van der Waals surface area contributed by atoms with E-state index in [0.717, 1.165) is 85.7 Å². The summed E-state index contributed by atoms with van der Waals surface area (Å²) >= 11 is 0. The number of fused-ring (bicyclic) bond motifs is 3. The van der Waals surface area contributed by atoms with Gasteiger partial charge in [0, 0.05) is 46.8 Å². The molecule has 0 N–H and O–H groups in total. The SMILES string of the molecule is C1=C(c2cc(-c3nc4cccnc4n3-c3ccccc3)cc(-c3nc4cccnc4n3-c3ccccc3)c2)N(c2ccccc2)c2ncccc2C1. The molecule has 8 nitrogen and oxygen atoms in total. The van der Waals surface area contributed by atoms with Crippen LogP contribution in [0.3, 0.4) is 0 Å². The molecule has 0 radical (unpaired) electrons. The number of anilines is 2. The highest BCUT2D eigenvalue weighted by molar-refractivity contribution is 5.93. The number of allylic oxidation sites excluding steroid dienone is 1. The molecule has 6 heterocycles. The molecule has 1 aliphatic heterocycles. The zero-order chi connectivity index (χ0) is 34.4. The maximum absolute atomic E-state index is 5.23. The third kappa shape index (κ3) is 4.96. The lowest BCUT2D eigenvalue weighted by atomic mass is 9.97. The van der Waals surface area contributed by atoms with Gasteiger partial charge in [0.05, 0.1) is 5.70 Å². The Morgan fingerprint density at radius 3 is 1.48 bits per heavy atom. The molecule has 246 valence electrons. The second-order valence-electron chi connectivity index (χ2n) is 12.7. The van der Waals surface area contributed by atoms with Crippen molar-refractivity contribution in [3.63, 3.8) is 0 Å². The third-order valence-corrected chi connectivity index (χ3v) is 9.46. The zero-order valence-electron chi connectivity index (χ0n) is 28.0. The standard InChI is InChI=1S/C44H30N8/c1-4-14-34(15-5-1)50-39(23-22-30-13-10-24-45-40(30)50)31-27-32(41-48-37-20-11-25-46-43(37)51(41)35-16-6-2-7-17-35)29-33(28-31)42-49-38-21-12-26-47-44(38)52(42)36-18-8-3-9-19-36/h1-21,23-29H,22H2. The molecule has 8 heteroatoms. The van der Waals surface area contributed by atoms with Crippen molar-refractivity contribution in [2.75, 3.05) is 4.90 Å². The average Bonchev–Trinajstić information content (AvgIpc) is 3.81. The van der Waals surface area contributed by atoms with Gasteiger partial charge in [-0.05, 0) is 102 Å². The van der Waals surface area contributed by atoms with Gasteiger partial charge in [0.15, 0.2) is 11.3 Å². The molecule has 52 heavy (non-hydrogen) atoms. The van der Waals surface area contributed by atoms with Crippen LogP contribution in [0.5, 0.6) is 0 Å². The quantitative estimate of drug-likeness (QED) is 0.175. The number of imidazole rings is 2. The number of hydrogen-bond donors (Lipinski definition) is 0. The Balaban J connectivity index is 1.27. The number of rotatable bonds is 6. The van der Waals surface area contributed by atoms with Crippen LogP contribution in [0.4, 0.5) is 11.5 Å². The minimum absolute atomic E-state index is 0.750. The molecule has 5 aromatic heterocycles. The fraction of sp³-hybridized carbons (Fsp3) is 0.0227. The minimum atomic E-state index is 0.750. The van der Waals surface area contributed by atoms with Gasteiger partial charge < -0.3 is 0 Å². The van der Waals surface area contributed by atoms with Gasteiger partial charge in [-0.15, -0.1) is 0 Å². The fourth-order valence-electron chi connectivity index (χ4n) is 7.18. The summed E-state index contributed by atoms with van der Waals surface area (Å²) in [4.78, 5) is 27.2. The van der Waals surface area contributed by atoms with Gasteiger partial charge in [-0.3, -0.25) is 14.0 Å².